The predicted molar refractivity (Wildman–Crippen MR) is 408 cm³/mol. The second kappa shape index (κ2) is 81.3. The van der Waals surface area contributed by atoms with Gasteiger partial charge < -0.3 is 14.6 Å². The first-order chi connectivity index (χ1) is 45.6. The van der Waals surface area contributed by atoms with Crippen molar-refractivity contribution in [2.45, 2.75) is 392 Å². The highest BCUT2D eigenvalue weighted by molar-refractivity contribution is 5.70. The average Bonchev–Trinajstić information content (AvgIpc) is 3.70. The molecule has 1 atom stereocenters. The van der Waals surface area contributed by atoms with Crippen LogP contribution in [0.3, 0.4) is 0 Å². The lowest BCUT2D eigenvalue weighted by Gasteiger charge is -2.15. The van der Waals surface area contributed by atoms with Gasteiger partial charge in [0.15, 0.2) is 6.10 Å². The molecule has 5 heteroatoms. The van der Waals surface area contributed by atoms with Crippen LogP contribution >= 0.6 is 0 Å². The van der Waals surface area contributed by atoms with Crippen molar-refractivity contribution >= 4 is 11.9 Å². The Morgan fingerprint density at radius 1 is 0.250 bits per heavy atom. The van der Waals surface area contributed by atoms with E-state index in [4.69, 9.17) is 9.47 Å². The maximum absolute atomic E-state index is 12.4. The van der Waals surface area contributed by atoms with Crippen LogP contribution in [0.1, 0.15) is 386 Å². The largest absolute Gasteiger partial charge is 0.462 e. The van der Waals surface area contributed by atoms with Crippen molar-refractivity contribution in [3.8, 4) is 0 Å². The van der Waals surface area contributed by atoms with Gasteiger partial charge in [-0.3, -0.25) is 9.59 Å². The Kier molecular flexibility index (Phi) is 77.8. The highest BCUT2D eigenvalue weighted by atomic mass is 16.6. The summed E-state index contributed by atoms with van der Waals surface area (Å²) in [5.41, 5.74) is 0. The number of rotatable bonds is 73. The summed E-state index contributed by atoms with van der Waals surface area (Å²) in [6.07, 6.45) is 121. The molecular weight excluding hydrogens is 1120 g/mol. The molecule has 0 fully saturated rings. The SMILES string of the molecule is CC/C=C\C/C=C\C/C=C\C/C=C\C/C=C\C/C=C\CCCCCCCCCCCCCCCCCCCCC(=O)OC(CO)COC(=O)CCCCCCCCCCCCCCCCCCCCCCCCCCC/C=C\C/C=C\C/C=C\C/C=C\C/C=C\CC. The predicted octanol–water partition coefficient (Wildman–Crippen LogP) is 28.2. The summed E-state index contributed by atoms with van der Waals surface area (Å²) < 4.78 is 10.8. The lowest BCUT2D eigenvalue weighted by molar-refractivity contribution is -0.161. The number of esters is 2. The number of carbonyl (C=O) groups is 2. The Hall–Kier alpha value is -3.96. The molecule has 0 bridgehead atoms. The molecule has 0 spiro atoms. The molecule has 0 rings (SSSR count). The summed E-state index contributed by atoms with van der Waals surface area (Å²) in [5, 5.41) is 9.73. The molecule has 5 nitrogen and oxygen atoms in total. The van der Waals surface area contributed by atoms with E-state index in [0.29, 0.717) is 12.8 Å². The second-order valence-electron chi connectivity index (χ2n) is 26.4. The third-order valence-corrected chi connectivity index (χ3v) is 17.4. The zero-order valence-electron chi connectivity index (χ0n) is 60.8. The standard InChI is InChI=1S/C87H150O5/c1-3-5-7-9-11-13-15-17-19-21-23-25-27-29-31-33-35-37-39-41-42-43-44-46-47-49-51-53-55-57-59-61-63-65-67-69-71-73-75-77-79-81-86(89)91-84-85(83-88)92-87(90)82-80-78-76-74-72-70-68-66-64-62-60-58-56-54-52-50-48-45-40-38-36-34-32-30-28-26-24-22-20-18-16-14-12-10-8-6-4-2/h5-8,11-14,17-20,23-26,29-32,36,38,85,88H,3-4,9-10,15-16,21-22,27-28,33-35,37,39-84H2,1-2H3/b7-5-,8-6-,13-11-,14-12-,19-17-,20-18-,25-23-,26-24-,31-29-,32-30-,38-36-. The van der Waals surface area contributed by atoms with Crippen molar-refractivity contribution in [1.82, 2.24) is 0 Å². The summed E-state index contributed by atoms with van der Waals surface area (Å²) in [7, 11) is 0. The summed E-state index contributed by atoms with van der Waals surface area (Å²) >= 11 is 0. The molecule has 0 aromatic heterocycles. The molecule has 0 amide bonds. The monoisotopic (exact) mass is 1280 g/mol. The molecule has 0 radical (unpaired) electrons. The summed E-state index contributed by atoms with van der Waals surface area (Å²) in [5.74, 6) is -0.574. The van der Waals surface area contributed by atoms with Crippen LogP contribution in [0.25, 0.3) is 0 Å². The number of hydrogen-bond donors (Lipinski definition) is 1. The third-order valence-electron chi connectivity index (χ3n) is 17.4. The van der Waals surface area contributed by atoms with Gasteiger partial charge in [-0.15, -0.1) is 0 Å². The number of allylic oxidation sites excluding steroid dienone is 22. The Balaban J connectivity index is 3.41. The normalized spacial score (nSPS) is 12.9. The maximum atomic E-state index is 12.4. The fourth-order valence-corrected chi connectivity index (χ4v) is 11.6. The fraction of sp³-hybridized carbons (Fsp3) is 0.724. The molecule has 0 aliphatic rings. The average molecular weight is 1280 g/mol. The van der Waals surface area contributed by atoms with Gasteiger partial charge in [-0.05, 0) is 109 Å². The van der Waals surface area contributed by atoms with Crippen molar-refractivity contribution < 1.29 is 24.2 Å². The quantitative estimate of drug-likeness (QED) is 0.0373. The lowest BCUT2D eigenvalue weighted by Crippen LogP contribution is -2.28. The van der Waals surface area contributed by atoms with Gasteiger partial charge in [-0.25, -0.2) is 0 Å². The van der Waals surface area contributed by atoms with E-state index in [1.54, 1.807) is 0 Å². The number of ether oxygens (including phenoxy) is 2. The van der Waals surface area contributed by atoms with Crippen molar-refractivity contribution in [2.24, 2.45) is 0 Å². The highest BCUT2D eigenvalue weighted by Gasteiger charge is 2.16. The lowest BCUT2D eigenvalue weighted by atomic mass is 10.0. The smallest absolute Gasteiger partial charge is 0.306 e. The van der Waals surface area contributed by atoms with Crippen LogP contribution in [0.5, 0.6) is 0 Å². The van der Waals surface area contributed by atoms with Gasteiger partial charge >= 0.3 is 11.9 Å². The van der Waals surface area contributed by atoms with Gasteiger partial charge in [0, 0.05) is 12.8 Å². The van der Waals surface area contributed by atoms with Crippen LogP contribution in [0.2, 0.25) is 0 Å². The highest BCUT2D eigenvalue weighted by Crippen LogP contribution is 2.19. The van der Waals surface area contributed by atoms with E-state index in [0.717, 1.165) is 109 Å². The molecule has 92 heavy (non-hydrogen) atoms. The van der Waals surface area contributed by atoms with E-state index in [1.807, 2.05) is 0 Å². The topological polar surface area (TPSA) is 72.8 Å². The van der Waals surface area contributed by atoms with Crippen LogP contribution in [0.15, 0.2) is 134 Å². The molecule has 0 aromatic rings. The van der Waals surface area contributed by atoms with Crippen LogP contribution in [0.4, 0.5) is 0 Å². The fourth-order valence-electron chi connectivity index (χ4n) is 11.6. The molecule has 1 unspecified atom stereocenters. The van der Waals surface area contributed by atoms with Gasteiger partial charge in [-0.2, -0.15) is 0 Å². The molecule has 0 saturated carbocycles. The Morgan fingerprint density at radius 3 is 0.652 bits per heavy atom. The molecular formula is C87H150O5. The first kappa shape index (κ1) is 88.0. The van der Waals surface area contributed by atoms with Gasteiger partial charge in [0.25, 0.3) is 0 Å². The summed E-state index contributed by atoms with van der Waals surface area (Å²) in [6, 6.07) is 0. The molecule has 528 valence electrons. The number of carbonyl (C=O) groups excluding carboxylic acids is 2. The zero-order valence-corrected chi connectivity index (χ0v) is 60.8. The Bertz CT molecular complexity index is 1840. The van der Waals surface area contributed by atoms with E-state index >= 15 is 0 Å². The Labute approximate surface area is 572 Å². The van der Waals surface area contributed by atoms with Crippen molar-refractivity contribution in [1.29, 1.82) is 0 Å². The summed E-state index contributed by atoms with van der Waals surface area (Å²) in [4.78, 5) is 24.7. The minimum Gasteiger partial charge on any atom is -0.462 e. The van der Waals surface area contributed by atoms with E-state index in [2.05, 4.69) is 148 Å². The molecule has 0 saturated heterocycles. The molecule has 0 aliphatic heterocycles. The maximum Gasteiger partial charge on any atom is 0.306 e. The van der Waals surface area contributed by atoms with E-state index in [-0.39, 0.29) is 25.2 Å². The summed E-state index contributed by atoms with van der Waals surface area (Å²) in [6.45, 7) is 3.95. The molecule has 0 aromatic carbocycles. The number of hydrogen-bond acceptors (Lipinski definition) is 5. The minimum atomic E-state index is -0.777. The van der Waals surface area contributed by atoms with Crippen molar-refractivity contribution in [2.75, 3.05) is 13.2 Å². The van der Waals surface area contributed by atoms with Gasteiger partial charge in [0.2, 0.25) is 0 Å². The van der Waals surface area contributed by atoms with Crippen molar-refractivity contribution in [3.05, 3.63) is 134 Å². The molecule has 1 N–H and O–H groups in total. The number of aliphatic hydroxyl groups excluding tert-OH is 1. The van der Waals surface area contributed by atoms with Crippen LogP contribution in [0, 0.1) is 0 Å². The van der Waals surface area contributed by atoms with Crippen LogP contribution in [-0.2, 0) is 19.1 Å². The zero-order chi connectivity index (χ0) is 66.1. The van der Waals surface area contributed by atoms with E-state index < -0.39 is 6.10 Å². The minimum absolute atomic E-state index is 0.0646. The molecule has 0 aliphatic carbocycles. The van der Waals surface area contributed by atoms with Gasteiger partial charge in [-0.1, -0.05) is 398 Å². The van der Waals surface area contributed by atoms with Gasteiger partial charge in [0.05, 0.1) is 6.61 Å². The van der Waals surface area contributed by atoms with E-state index in [9.17, 15) is 14.7 Å². The Morgan fingerprint density at radius 2 is 0.435 bits per heavy atom. The van der Waals surface area contributed by atoms with Gasteiger partial charge in [0.1, 0.15) is 6.61 Å². The van der Waals surface area contributed by atoms with E-state index in [1.165, 1.54) is 250 Å². The number of aliphatic hydroxyl groups is 1. The third kappa shape index (κ3) is 78.5. The number of unbranched alkanes of at least 4 members (excludes halogenated alkanes) is 43. The van der Waals surface area contributed by atoms with Crippen LogP contribution in [-0.4, -0.2) is 36.4 Å². The molecule has 0 heterocycles. The van der Waals surface area contributed by atoms with Crippen LogP contribution < -0.4 is 0 Å². The first-order valence-electron chi connectivity index (χ1n) is 39.7. The first-order valence-corrected chi connectivity index (χ1v) is 39.7. The van der Waals surface area contributed by atoms with Crippen molar-refractivity contribution in [3.63, 3.8) is 0 Å². The second-order valence-corrected chi connectivity index (χ2v) is 26.4.